The van der Waals surface area contributed by atoms with Crippen molar-refractivity contribution in [1.82, 2.24) is 30.4 Å². The Morgan fingerprint density at radius 3 is 2.61 bits per heavy atom. The highest BCUT2D eigenvalue weighted by Crippen LogP contribution is 2.32. The van der Waals surface area contributed by atoms with Gasteiger partial charge in [-0.15, -0.1) is 21.5 Å². The minimum absolute atomic E-state index is 0.0511. The quantitative estimate of drug-likeness (QED) is 0.328. The zero-order valence-corrected chi connectivity index (χ0v) is 20.3. The summed E-state index contributed by atoms with van der Waals surface area (Å²) in [5.41, 5.74) is 1.89. The van der Waals surface area contributed by atoms with Crippen LogP contribution in [0.25, 0.3) is 15.9 Å². The second-order valence-electron chi connectivity index (χ2n) is 6.90. The first-order valence-corrected chi connectivity index (χ1v) is 13.1. The van der Waals surface area contributed by atoms with E-state index in [1.54, 1.807) is 23.1 Å². The van der Waals surface area contributed by atoms with E-state index >= 15 is 0 Å². The maximum atomic E-state index is 12.2. The number of nitrogens with zero attached hydrogens (tertiary/aromatic N) is 4. The van der Waals surface area contributed by atoms with Crippen LogP contribution < -0.4 is 10.6 Å². The van der Waals surface area contributed by atoms with Crippen LogP contribution in [0.3, 0.4) is 0 Å². The number of para-hydroxylation sites is 2. The van der Waals surface area contributed by atoms with Crippen LogP contribution in [0.4, 0.5) is 4.79 Å². The van der Waals surface area contributed by atoms with Crippen LogP contribution in [0.1, 0.15) is 19.2 Å². The van der Waals surface area contributed by atoms with E-state index in [0.717, 1.165) is 32.5 Å². The van der Waals surface area contributed by atoms with Crippen LogP contribution in [0.5, 0.6) is 0 Å². The lowest BCUT2D eigenvalue weighted by molar-refractivity contribution is -0.117. The molecule has 11 heteroatoms. The third-order valence-corrected chi connectivity index (χ3v) is 7.54. The lowest BCUT2D eigenvalue weighted by Crippen LogP contribution is -2.40. The average molecular weight is 499 g/mol. The number of benzene rings is 2. The summed E-state index contributed by atoms with van der Waals surface area (Å²) in [6, 6.07) is 17.3. The summed E-state index contributed by atoms with van der Waals surface area (Å²) in [4.78, 5) is 28.6. The van der Waals surface area contributed by atoms with Crippen molar-refractivity contribution in [3.63, 3.8) is 0 Å². The standard InChI is InChI=1S/C22H22N6O2S3/c1-2-12-23-20(30)25-19(29)14-31-21-27-26-18(28(21)15-8-4-3-5-9-15)13-32-22-24-16-10-6-7-11-17(16)33-22/h3-11H,2,12-14H2,1H3,(H2,23,25,29,30). The lowest BCUT2D eigenvalue weighted by Gasteiger charge is -2.10. The van der Waals surface area contributed by atoms with Crippen molar-refractivity contribution in [3.8, 4) is 5.69 Å². The van der Waals surface area contributed by atoms with Gasteiger partial charge < -0.3 is 5.32 Å². The summed E-state index contributed by atoms with van der Waals surface area (Å²) in [6.07, 6.45) is 0.800. The SMILES string of the molecule is CCCNC(=O)NC(=O)CSc1nnc(CSc2nc3ccccc3s2)n1-c1ccccc1. The van der Waals surface area contributed by atoms with Crippen LogP contribution in [-0.4, -0.2) is 44.0 Å². The van der Waals surface area contributed by atoms with Gasteiger partial charge in [-0.2, -0.15) is 0 Å². The predicted octanol–water partition coefficient (Wildman–Crippen LogP) is 4.50. The van der Waals surface area contributed by atoms with E-state index in [1.165, 1.54) is 11.8 Å². The molecule has 8 nitrogen and oxygen atoms in total. The Labute approximate surface area is 203 Å². The van der Waals surface area contributed by atoms with E-state index in [0.29, 0.717) is 17.5 Å². The fourth-order valence-corrected chi connectivity index (χ4v) is 5.69. The molecule has 0 saturated heterocycles. The number of carbonyl (C=O) groups excluding carboxylic acids is 2. The van der Waals surface area contributed by atoms with Crippen molar-refractivity contribution < 1.29 is 9.59 Å². The first kappa shape index (κ1) is 23.3. The molecule has 0 saturated carbocycles. The van der Waals surface area contributed by atoms with E-state index in [9.17, 15) is 9.59 Å². The molecule has 0 aliphatic rings. The Morgan fingerprint density at radius 2 is 1.82 bits per heavy atom. The highest BCUT2D eigenvalue weighted by Gasteiger charge is 2.17. The van der Waals surface area contributed by atoms with Crippen molar-refractivity contribution in [3.05, 3.63) is 60.4 Å². The molecular weight excluding hydrogens is 476 g/mol. The van der Waals surface area contributed by atoms with Gasteiger partial charge in [-0.3, -0.25) is 14.7 Å². The number of carbonyl (C=O) groups is 2. The smallest absolute Gasteiger partial charge is 0.321 e. The first-order chi connectivity index (χ1) is 16.1. The normalized spacial score (nSPS) is 10.9. The van der Waals surface area contributed by atoms with Gasteiger partial charge in [0.05, 0.1) is 21.7 Å². The monoisotopic (exact) mass is 498 g/mol. The average Bonchev–Trinajstić information content (AvgIpc) is 3.44. The molecule has 170 valence electrons. The van der Waals surface area contributed by atoms with E-state index in [-0.39, 0.29) is 11.7 Å². The highest BCUT2D eigenvalue weighted by molar-refractivity contribution is 8.00. The molecule has 2 N–H and O–H groups in total. The number of rotatable bonds is 9. The fraction of sp³-hybridized carbons (Fsp3) is 0.227. The number of thiazole rings is 1. The molecule has 2 heterocycles. The van der Waals surface area contributed by atoms with Crippen molar-refractivity contribution >= 4 is 57.0 Å². The number of aromatic nitrogens is 4. The van der Waals surface area contributed by atoms with E-state index in [4.69, 9.17) is 0 Å². The molecule has 0 aliphatic carbocycles. The van der Waals surface area contributed by atoms with Crippen LogP contribution >= 0.6 is 34.9 Å². The Morgan fingerprint density at radius 1 is 1.03 bits per heavy atom. The van der Waals surface area contributed by atoms with Gasteiger partial charge in [0.2, 0.25) is 5.91 Å². The minimum Gasteiger partial charge on any atom is -0.338 e. The molecule has 0 atom stereocenters. The van der Waals surface area contributed by atoms with Crippen LogP contribution in [-0.2, 0) is 10.5 Å². The molecule has 0 spiro atoms. The van der Waals surface area contributed by atoms with Crippen molar-refractivity contribution in [2.45, 2.75) is 28.6 Å². The topological polar surface area (TPSA) is 102 Å². The summed E-state index contributed by atoms with van der Waals surface area (Å²) < 4.78 is 4.05. The Kier molecular flexibility index (Phi) is 7.97. The second-order valence-corrected chi connectivity index (χ2v) is 10.1. The van der Waals surface area contributed by atoms with Gasteiger partial charge in [0.15, 0.2) is 9.50 Å². The number of hydrogen-bond donors (Lipinski definition) is 2. The lowest BCUT2D eigenvalue weighted by atomic mass is 10.3. The van der Waals surface area contributed by atoms with E-state index in [2.05, 4.69) is 31.9 Å². The van der Waals surface area contributed by atoms with E-state index < -0.39 is 6.03 Å². The Bertz CT molecular complexity index is 1210. The summed E-state index contributed by atoms with van der Waals surface area (Å²) in [5.74, 6) is 0.999. The molecule has 0 aliphatic heterocycles. The molecular formula is C22H22N6O2S3. The maximum absolute atomic E-state index is 12.2. The van der Waals surface area contributed by atoms with Gasteiger partial charge in [-0.25, -0.2) is 9.78 Å². The van der Waals surface area contributed by atoms with Gasteiger partial charge >= 0.3 is 6.03 Å². The number of hydrogen-bond acceptors (Lipinski definition) is 8. The summed E-state index contributed by atoms with van der Waals surface area (Å²) in [6.45, 7) is 2.46. The number of thioether (sulfide) groups is 2. The fourth-order valence-electron chi connectivity index (χ4n) is 2.94. The number of urea groups is 1. The van der Waals surface area contributed by atoms with Gasteiger partial charge in [-0.05, 0) is 30.7 Å². The predicted molar refractivity (Wildman–Crippen MR) is 133 cm³/mol. The van der Waals surface area contributed by atoms with Crippen LogP contribution in [0.2, 0.25) is 0 Å². The Balaban J connectivity index is 1.47. The zero-order valence-electron chi connectivity index (χ0n) is 17.9. The van der Waals surface area contributed by atoms with Crippen molar-refractivity contribution in [2.24, 2.45) is 0 Å². The van der Waals surface area contributed by atoms with Gasteiger partial charge in [0.1, 0.15) is 5.82 Å². The largest absolute Gasteiger partial charge is 0.338 e. The molecule has 0 fully saturated rings. The molecule has 0 unspecified atom stereocenters. The minimum atomic E-state index is -0.486. The summed E-state index contributed by atoms with van der Waals surface area (Å²) in [5, 5.41) is 14.2. The highest BCUT2D eigenvalue weighted by atomic mass is 32.2. The molecule has 33 heavy (non-hydrogen) atoms. The molecule has 3 amide bonds. The number of fused-ring (bicyclic) bond motifs is 1. The third kappa shape index (κ3) is 6.12. The van der Waals surface area contributed by atoms with Gasteiger partial charge in [0.25, 0.3) is 0 Å². The first-order valence-electron chi connectivity index (χ1n) is 10.3. The molecule has 4 rings (SSSR count). The molecule has 0 radical (unpaired) electrons. The number of imide groups is 1. The van der Waals surface area contributed by atoms with Crippen molar-refractivity contribution in [2.75, 3.05) is 12.3 Å². The maximum Gasteiger partial charge on any atom is 0.321 e. The Hall–Kier alpha value is -2.89. The number of nitrogens with one attached hydrogen (secondary N) is 2. The van der Waals surface area contributed by atoms with Crippen LogP contribution in [0.15, 0.2) is 64.1 Å². The zero-order chi connectivity index (χ0) is 23.0. The summed E-state index contributed by atoms with van der Waals surface area (Å²) in [7, 11) is 0. The van der Waals surface area contributed by atoms with Crippen molar-refractivity contribution in [1.29, 1.82) is 0 Å². The van der Waals surface area contributed by atoms with E-state index in [1.807, 2.05) is 60.0 Å². The molecule has 0 bridgehead atoms. The van der Waals surface area contributed by atoms with Crippen LogP contribution in [0, 0.1) is 0 Å². The number of amides is 3. The van der Waals surface area contributed by atoms with Gasteiger partial charge in [-0.1, -0.05) is 60.8 Å². The molecule has 2 aromatic heterocycles. The second kappa shape index (κ2) is 11.3. The van der Waals surface area contributed by atoms with Gasteiger partial charge in [0, 0.05) is 12.2 Å². The summed E-state index contributed by atoms with van der Waals surface area (Å²) >= 11 is 4.49. The third-order valence-electron chi connectivity index (χ3n) is 4.43. The molecule has 2 aromatic carbocycles. The molecule has 4 aromatic rings.